The number of hydrazone groups is 1. The Balaban J connectivity index is 1.06. The average Bonchev–Trinajstić information content (AvgIpc) is 1.72. The lowest BCUT2D eigenvalue weighted by molar-refractivity contribution is -0.272. The van der Waals surface area contributed by atoms with Gasteiger partial charge in [0.1, 0.15) is 79.1 Å². The first-order valence-corrected chi connectivity index (χ1v) is 31.7. The van der Waals surface area contributed by atoms with E-state index in [-0.39, 0.29) is 136 Å². The lowest BCUT2D eigenvalue weighted by Gasteiger charge is -2.42. The summed E-state index contributed by atoms with van der Waals surface area (Å²) in [5.74, 6) is 3.17. The summed E-state index contributed by atoms with van der Waals surface area (Å²) in [6.07, 6.45) is -10.1. The highest BCUT2D eigenvalue weighted by atomic mass is 16.7. The molecule has 0 radical (unpaired) electrons. The monoisotopic (exact) mass is 1390 g/mol. The smallest absolute Gasteiger partial charge is 0.320 e. The Morgan fingerprint density at radius 3 is 1.34 bits per heavy atom. The summed E-state index contributed by atoms with van der Waals surface area (Å²) in [5.41, 5.74) is 1.47. The van der Waals surface area contributed by atoms with E-state index in [4.69, 9.17) is 53.9 Å². The molecule has 0 bridgehead atoms. The number of nitrogens with one attached hydrogen (secondary N) is 4. The van der Waals surface area contributed by atoms with Crippen LogP contribution in [0.5, 0.6) is 0 Å². The van der Waals surface area contributed by atoms with Crippen LogP contribution in [0.4, 0.5) is 0 Å². The van der Waals surface area contributed by atoms with Crippen LogP contribution in [0, 0.1) is 5.41 Å². The number of rotatable bonds is 45. The molecule has 6 heterocycles. The van der Waals surface area contributed by atoms with Gasteiger partial charge in [-0.2, -0.15) is 5.10 Å². The molecule has 0 aliphatic carbocycles. The second-order valence-electron chi connectivity index (χ2n) is 23.2. The topological polar surface area (TPSA) is 571 Å². The number of aromatic nitrogens is 9. The number of carboxylic acids is 1. The van der Waals surface area contributed by atoms with E-state index in [1.54, 1.807) is 32.9 Å². The van der Waals surface area contributed by atoms with Gasteiger partial charge in [0.2, 0.25) is 17.7 Å². The summed E-state index contributed by atoms with van der Waals surface area (Å²) >= 11 is 0. The van der Waals surface area contributed by atoms with E-state index in [0.717, 1.165) is 0 Å². The quantitative estimate of drug-likeness (QED) is 0.0108. The van der Waals surface area contributed by atoms with Crippen molar-refractivity contribution in [3.63, 3.8) is 0 Å². The van der Waals surface area contributed by atoms with Crippen molar-refractivity contribution in [2.45, 2.75) is 184 Å². The summed E-state index contributed by atoms with van der Waals surface area (Å²) < 4.78 is 55.7. The van der Waals surface area contributed by atoms with Crippen molar-refractivity contribution < 1.29 is 118 Å². The number of hydrogen-bond acceptors (Lipinski definition) is 34. The maximum absolute atomic E-state index is 13.3. The Hall–Kier alpha value is -6.40. The average molecular weight is 1390 g/mol. The van der Waals surface area contributed by atoms with Crippen LogP contribution in [-0.4, -0.2) is 343 Å². The van der Waals surface area contributed by atoms with Gasteiger partial charge in [0.05, 0.1) is 134 Å². The lowest BCUT2D eigenvalue weighted by atomic mass is 9.97. The van der Waals surface area contributed by atoms with Crippen LogP contribution in [0.3, 0.4) is 0 Å². The van der Waals surface area contributed by atoms with Crippen molar-refractivity contribution in [3.05, 3.63) is 35.7 Å². The molecule has 0 spiro atoms. The number of aliphatic hydroxyl groups excluding tert-OH is 10. The number of unbranched alkanes of at least 4 members (excludes halogenated alkanes) is 1. The number of aliphatic hydroxyl groups is 10. The van der Waals surface area contributed by atoms with Crippen molar-refractivity contribution in [3.8, 4) is 0 Å². The van der Waals surface area contributed by atoms with Crippen molar-refractivity contribution in [1.82, 2.24) is 70.7 Å². The number of ether oxygens (including phenoxy) is 9. The van der Waals surface area contributed by atoms with E-state index < -0.39 is 141 Å². The first-order valence-electron chi connectivity index (χ1n) is 31.7. The van der Waals surface area contributed by atoms with Gasteiger partial charge >= 0.3 is 5.97 Å². The molecule has 6 rings (SSSR count). The van der Waals surface area contributed by atoms with Crippen molar-refractivity contribution in [1.29, 1.82) is 5.41 Å². The molecule has 0 saturated carbocycles. The van der Waals surface area contributed by atoms with E-state index in [1.807, 2.05) is 4.90 Å². The molecule has 3 aliphatic heterocycles. The molecule has 3 aliphatic rings. The van der Waals surface area contributed by atoms with E-state index in [2.05, 4.69) is 52.0 Å². The molecular formula is C56H95N17O24. The summed E-state index contributed by atoms with van der Waals surface area (Å²) in [6.45, 7) is 3.02. The zero-order valence-corrected chi connectivity index (χ0v) is 54.3. The van der Waals surface area contributed by atoms with E-state index >= 15 is 0 Å². The van der Waals surface area contributed by atoms with Gasteiger partial charge < -0.3 is 126 Å². The predicted molar refractivity (Wildman–Crippen MR) is 327 cm³/mol. The van der Waals surface area contributed by atoms with Gasteiger partial charge in [0, 0.05) is 72.0 Å². The fraction of sp³-hybridized carbons (Fsp3) is 0.786. The maximum atomic E-state index is 13.3. The highest BCUT2D eigenvalue weighted by Gasteiger charge is 2.48. The summed E-state index contributed by atoms with van der Waals surface area (Å²) in [7, 11) is 0. The van der Waals surface area contributed by atoms with Gasteiger partial charge in [-0.15, -0.1) is 15.3 Å². The number of carbonyl (C=O) groups is 4. The number of hydrogen-bond donors (Lipinski definition) is 16. The molecule has 3 amide bonds. The Labute approximate surface area is 557 Å². The van der Waals surface area contributed by atoms with Crippen molar-refractivity contribution in [2.24, 2.45) is 10.9 Å². The zero-order chi connectivity index (χ0) is 70.6. The van der Waals surface area contributed by atoms with Gasteiger partial charge in [-0.1, -0.05) is 22.1 Å². The summed E-state index contributed by atoms with van der Waals surface area (Å²) in [4.78, 5) is 52.3. The highest BCUT2D eigenvalue weighted by Crippen LogP contribution is 2.26. The molecule has 15 unspecified atom stereocenters. The van der Waals surface area contributed by atoms with E-state index in [1.165, 1.54) is 25.5 Å². The second kappa shape index (κ2) is 41.2. The van der Waals surface area contributed by atoms with Gasteiger partial charge in [0.25, 0.3) is 0 Å². The van der Waals surface area contributed by atoms with Gasteiger partial charge in [0.15, 0.2) is 18.9 Å². The minimum absolute atomic E-state index is 0.0217. The number of nitrogens with zero attached hydrogens (tertiary/aromatic N) is 12. The van der Waals surface area contributed by atoms with Crippen LogP contribution in [0.25, 0.3) is 0 Å². The number of nitrogens with two attached hydrogens (primary N) is 1. The maximum Gasteiger partial charge on any atom is 0.320 e. The molecule has 3 aromatic heterocycles. The van der Waals surface area contributed by atoms with Crippen LogP contribution < -0.4 is 21.8 Å². The van der Waals surface area contributed by atoms with Crippen LogP contribution >= 0.6 is 0 Å². The minimum Gasteiger partial charge on any atom is -0.480 e. The fourth-order valence-corrected chi connectivity index (χ4v) is 10.8. The van der Waals surface area contributed by atoms with Crippen LogP contribution in [0.2, 0.25) is 0 Å². The van der Waals surface area contributed by atoms with Crippen LogP contribution in [0.15, 0.2) is 23.7 Å². The third kappa shape index (κ3) is 25.1. The summed E-state index contributed by atoms with van der Waals surface area (Å²) in [5, 5.41) is 158. The largest absolute Gasteiger partial charge is 0.480 e. The molecule has 41 nitrogen and oxygen atoms in total. The van der Waals surface area contributed by atoms with Gasteiger partial charge in [-0.3, -0.25) is 29.0 Å². The highest BCUT2D eigenvalue weighted by molar-refractivity contribution is 6.41. The first kappa shape index (κ1) is 79.6. The second-order valence-corrected chi connectivity index (χ2v) is 23.2. The lowest BCUT2D eigenvalue weighted by Crippen LogP contribution is -2.64. The standard InChI is InChI=1S/C56H95N17O24/c1-32(78)59-44-50(84)47(81)41(29-75)95-54(44)92-19-16-89-13-7-38(57)39(62-58)28-70(24-37-27-71(9-12-74)66-65-37)40(53(87)88)6-4-5-8-69(22-35-25-72(67-63-35)10-14-90-17-20-93-55-45(60-33(2)79)51(85)48(82)42(30-76)96-55)23-36-26-73(68-64-36)11-15-91-18-21-94-56-46(61-34(3)80)52(86)49(83)43(31-77)97-56/h25-27,40-52,54-57,74-77,81-86H,4-24,28-31,58H2,1-3H3,(H,59,78)(H,60,79)(H,61,80)(H,87,88)/t40-,41?,42?,43?,44?,45?,46?,47?,48?,49?,50?,51?,52?,54?,55?,56?/m1/s1. The van der Waals surface area contributed by atoms with E-state index in [9.17, 15) is 75.3 Å². The number of amides is 3. The van der Waals surface area contributed by atoms with Crippen LogP contribution in [-0.2, 0) is 101 Å². The Bertz CT molecular complexity index is 2780. The Morgan fingerprint density at radius 2 is 0.969 bits per heavy atom. The molecule has 3 saturated heterocycles. The predicted octanol–water partition coefficient (Wildman–Crippen LogP) is -8.76. The molecule has 3 aromatic rings. The SMILES string of the molecule is CC(=O)NC1C(OCCOCCC(=N)C(CN(Cc2cn(CCO)nn2)[C@H](CCCCN(Cc2cn(CCOCCOC3OC(CO)C(O)C(O)C3NC(C)=O)nn2)Cc2cn(CCOCCOC3OC(CO)C(O)C(O)C3NC(C)=O)nn2)C(=O)O)=NN)OC(CO)C(O)C1O. The third-order valence-electron chi connectivity index (χ3n) is 15.7. The molecule has 97 heavy (non-hydrogen) atoms. The number of aliphatic carboxylic acids is 1. The Morgan fingerprint density at radius 1 is 0.577 bits per heavy atom. The molecule has 17 N–H and O–H groups in total. The Kier molecular flexibility index (Phi) is 33.8. The molecular weight excluding hydrogens is 1290 g/mol. The van der Waals surface area contributed by atoms with Crippen molar-refractivity contribution in [2.75, 3.05) is 99.0 Å². The van der Waals surface area contributed by atoms with Crippen molar-refractivity contribution >= 4 is 35.1 Å². The van der Waals surface area contributed by atoms with Crippen LogP contribution in [0.1, 0.15) is 63.5 Å². The number of carboxylic acid groups (broad SMARTS) is 1. The summed E-state index contributed by atoms with van der Waals surface area (Å²) in [6, 6.07) is -4.56. The van der Waals surface area contributed by atoms with Gasteiger partial charge in [-0.05, 0) is 19.4 Å². The molecule has 16 atom stereocenters. The van der Waals surface area contributed by atoms with E-state index in [0.29, 0.717) is 36.5 Å². The van der Waals surface area contributed by atoms with Gasteiger partial charge in [-0.25, -0.2) is 14.0 Å². The minimum atomic E-state index is -1.51. The molecule has 0 aromatic carbocycles. The normalized spacial score (nSPS) is 26.5. The zero-order valence-electron chi connectivity index (χ0n) is 54.3. The fourth-order valence-electron chi connectivity index (χ4n) is 10.8. The molecule has 548 valence electrons. The third-order valence-corrected chi connectivity index (χ3v) is 15.7. The molecule has 3 fully saturated rings. The first-order chi connectivity index (χ1) is 46.6. The number of carbonyl (C=O) groups excluding carboxylic acids is 3. The molecule has 41 heteroatoms.